The summed E-state index contributed by atoms with van der Waals surface area (Å²) in [5, 5.41) is 12.6. The van der Waals surface area contributed by atoms with Gasteiger partial charge in [0, 0.05) is 6.54 Å². The molecule has 1 aliphatic heterocycles. The highest BCUT2D eigenvalue weighted by Gasteiger charge is 2.17. The number of nitriles is 1. The van der Waals surface area contributed by atoms with Crippen LogP contribution in [-0.4, -0.2) is 17.7 Å². The lowest BCUT2D eigenvalue weighted by atomic mass is 9.98. The van der Waals surface area contributed by atoms with Crippen molar-refractivity contribution in [3.8, 4) is 17.3 Å². The number of hydrogen-bond acceptors (Lipinski definition) is 3. The normalized spacial score (nSPS) is 17.7. The third-order valence-electron chi connectivity index (χ3n) is 4.48. The maximum absolute atomic E-state index is 12.7. The van der Waals surface area contributed by atoms with Crippen molar-refractivity contribution < 1.29 is 0 Å². The van der Waals surface area contributed by atoms with Crippen molar-refractivity contribution in [2.75, 3.05) is 13.1 Å². The highest BCUT2D eigenvalue weighted by atomic mass is 16.1. The summed E-state index contributed by atoms with van der Waals surface area (Å²) in [6, 6.07) is 13.7. The number of aromatic nitrogens is 1. The largest absolute Gasteiger partial charge is 0.316 e. The van der Waals surface area contributed by atoms with Crippen LogP contribution in [-0.2, 0) is 6.54 Å². The molecule has 0 amide bonds. The van der Waals surface area contributed by atoms with Crippen LogP contribution in [0.5, 0.6) is 0 Å². The van der Waals surface area contributed by atoms with Crippen LogP contribution in [0.3, 0.4) is 0 Å². The first-order chi connectivity index (χ1) is 11.2. The summed E-state index contributed by atoms with van der Waals surface area (Å²) in [5.74, 6) is 0.430. The number of rotatable bonds is 3. The molecule has 3 rings (SSSR count). The Morgan fingerprint density at radius 2 is 2.04 bits per heavy atom. The first-order valence-electron chi connectivity index (χ1n) is 8.11. The summed E-state index contributed by atoms with van der Waals surface area (Å²) >= 11 is 0. The van der Waals surface area contributed by atoms with Crippen molar-refractivity contribution in [3.63, 3.8) is 0 Å². The molecular weight excluding hydrogens is 286 g/mol. The maximum Gasteiger partial charge on any atom is 0.268 e. The Morgan fingerprint density at radius 1 is 1.26 bits per heavy atom. The van der Waals surface area contributed by atoms with E-state index in [9.17, 15) is 10.1 Å². The molecule has 0 spiro atoms. The van der Waals surface area contributed by atoms with Gasteiger partial charge >= 0.3 is 0 Å². The third-order valence-corrected chi connectivity index (χ3v) is 4.48. The first-order valence-corrected chi connectivity index (χ1v) is 8.11. The predicted molar refractivity (Wildman–Crippen MR) is 91.2 cm³/mol. The van der Waals surface area contributed by atoms with E-state index in [2.05, 4.69) is 5.32 Å². The van der Waals surface area contributed by atoms with Gasteiger partial charge in [0.1, 0.15) is 11.6 Å². The fourth-order valence-electron chi connectivity index (χ4n) is 3.16. The Labute approximate surface area is 136 Å². The van der Waals surface area contributed by atoms with Gasteiger partial charge in [-0.3, -0.25) is 4.79 Å². The molecule has 1 aliphatic rings. The zero-order chi connectivity index (χ0) is 16.2. The Kier molecular flexibility index (Phi) is 4.59. The molecule has 1 aromatic heterocycles. The molecule has 0 aliphatic carbocycles. The minimum absolute atomic E-state index is 0.184. The Hall–Kier alpha value is -2.38. The van der Waals surface area contributed by atoms with Gasteiger partial charge in [-0.2, -0.15) is 5.26 Å². The monoisotopic (exact) mass is 307 g/mol. The zero-order valence-corrected chi connectivity index (χ0v) is 13.4. The predicted octanol–water partition coefficient (Wildman–Crippen LogP) is 2.70. The van der Waals surface area contributed by atoms with Crippen molar-refractivity contribution in [2.45, 2.75) is 26.3 Å². The quantitative estimate of drug-likeness (QED) is 0.948. The van der Waals surface area contributed by atoms with Crippen molar-refractivity contribution >= 4 is 0 Å². The summed E-state index contributed by atoms with van der Waals surface area (Å²) in [6.07, 6.45) is 2.25. The molecule has 0 radical (unpaired) electrons. The fourth-order valence-corrected chi connectivity index (χ4v) is 3.16. The molecule has 4 nitrogen and oxygen atoms in total. The molecule has 0 bridgehead atoms. The van der Waals surface area contributed by atoms with Crippen LogP contribution in [0.1, 0.15) is 24.0 Å². The van der Waals surface area contributed by atoms with Gasteiger partial charge < -0.3 is 9.88 Å². The average Bonchev–Trinajstić information content (AvgIpc) is 2.58. The van der Waals surface area contributed by atoms with Gasteiger partial charge in [-0.15, -0.1) is 0 Å². The van der Waals surface area contributed by atoms with Gasteiger partial charge in [0.05, 0.1) is 5.69 Å². The summed E-state index contributed by atoms with van der Waals surface area (Å²) < 4.78 is 1.78. The van der Waals surface area contributed by atoms with E-state index in [0.717, 1.165) is 37.2 Å². The number of nitrogens with zero attached hydrogens (tertiary/aromatic N) is 2. The molecule has 0 saturated carbocycles. The summed E-state index contributed by atoms with van der Waals surface area (Å²) in [7, 11) is 0. The van der Waals surface area contributed by atoms with E-state index in [1.165, 1.54) is 5.56 Å². The van der Waals surface area contributed by atoms with Crippen LogP contribution < -0.4 is 10.9 Å². The lowest BCUT2D eigenvalue weighted by Crippen LogP contribution is -2.35. The van der Waals surface area contributed by atoms with Crippen molar-refractivity contribution in [2.24, 2.45) is 5.92 Å². The molecule has 2 heterocycles. The molecule has 1 saturated heterocycles. The first kappa shape index (κ1) is 15.5. The van der Waals surface area contributed by atoms with E-state index in [1.54, 1.807) is 10.6 Å². The van der Waals surface area contributed by atoms with E-state index in [4.69, 9.17) is 0 Å². The topological polar surface area (TPSA) is 57.8 Å². The lowest BCUT2D eigenvalue weighted by molar-refractivity contribution is 0.335. The van der Waals surface area contributed by atoms with Crippen LogP contribution >= 0.6 is 0 Å². The molecular formula is C19H21N3O. The highest BCUT2D eigenvalue weighted by Crippen LogP contribution is 2.21. The Balaban J connectivity index is 2.04. The van der Waals surface area contributed by atoms with Gasteiger partial charge in [0.2, 0.25) is 0 Å². The number of pyridine rings is 1. The second kappa shape index (κ2) is 6.80. The minimum Gasteiger partial charge on any atom is -0.316 e. The Bertz CT molecular complexity index is 778. The molecule has 118 valence electrons. The smallest absolute Gasteiger partial charge is 0.268 e. The van der Waals surface area contributed by atoms with Gasteiger partial charge in [0.15, 0.2) is 0 Å². The SMILES string of the molecule is Cc1ccc(-c2ccc(C#N)c(=O)n2CC2CCCNC2)cc1. The summed E-state index contributed by atoms with van der Waals surface area (Å²) in [5.41, 5.74) is 3.12. The van der Waals surface area contributed by atoms with E-state index < -0.39 is 0 Å². The van der Waals surface area contributed by atoms with Gasteiger partial charge in [0.25, 0.3) is 5.56 Å². The average molecular weight is 307 g/mol. The standard InChI is InChI=1S/C19H21N3O/c1-14-4-6-16(7-5-14)18-9-8-17(11-20)19(23)22(18)13-15-3-2-10-21-12-15/h4-9,15,21H,2-3,10,12-13H2,1H3. The van der Waals surface area contributed by atoms with E-state index in [-0.39, 0.29) is 11.1 Å². The van der Waals surface area contributed by atoms with Crippen LogP contribution in [0.25, 0.3) is 11.3 Å². The molecule has 1 unspecified atom stereocenters. The molecule has 2 aromatic rings. The third kappa shape index (κ3) is 3.35. The summed E-state index contributed by atoms with van der Waals surface area (Å²) in [4.78, 5) is 12.7. The van der Waals surface area contributed by atoms with Gasteiger partial charge in [-0.25, -0.2) is 0 Å². The van der Waals surface area contributed by atoms with Gasteiger partial charge in [-0.1, -0.05) is 29.8 Å². The molecule has 23 heavy (non-hydrogen) atoms. The van der Waals surface area contributed by atoms with Crippen molar-refractivity contribution in [1.82, 2.24) is 9.88 Å². The highest BCUT2D eigenvalue weighted by molar-refractivity contribution is 5.60. The lowest BCUT2D eigenvalue weighted by Gasteiger charge is -2.25. The zero-order valence-electron chi connectivity index (χ0n) is 13.4. The van der Waals surface area contributed by atoms with Crippen molar-refractivity contribution in [1.29, 1.82) is 5.26 Å². The molecule has 1 N–H and O–H groups in total. The molecule has 4 heteroatoms. The maximum atomic E-state index is 12.7. The van der Waals surface area contributed by atoms with Gasteiger partial charge in [-0.05, 0) is 56.5 Å². The number of benzene rings is 1. The number of hydrogen-bond donors (Lipinski definition) is 1. The second-order valence-corrected chi connectivity index (χ2v) is 6.24. The van der Waals surface area contributed by atoms with Crippen LogP contribution in [0.4, 0.5) is 0 Å². The number of piperidine rings is 1. The molecule has 1 atom stereocenters. The van der Waals surface area contributed by atoms with Crippen LogP contribution in [0.2, 0.25) is 0 Å². The fraction of sp³-hybridized carbons (Fsp3) is 0.368. The van der Waals surface area contributed by atoms with E-state index in [0.29, 0.717) is 12.5 Å². The summed E-state index contributed by atoms with van der Waals surface area (Å²) in [6.45, 7) is 4.68. The Morgan fingerprint density at radius 3 is 2.70 bits per heavy atom. The molecule has 1 fully saturated rings. The second-order valence-electron chi connectivity index (χ2n) is 6.24. The number of aryl methyl sites for hydroxylation is 1. The van der Waals surface area contributed by atoms with E-state index in [1.807, 2.05) is 43.3 Å². The van der Waals surface area contributed by atoms with Crippen LogP contribution in [0, 0.1) is 24.2 Å². The molecule has 1 aromatic carbocycles. The van der Waals surface area contributed by atoms with E-state index >= 15 is 0 Å². The van der Waals surface area contributed by atoms with Crippen LogP contribution in [0.15, 0.2) is 41.2 Å². The van der Waals surface area contributed by atoms with Crippen molar-refractivity contribution in [3.05, 3.63) is 57.9 Å². The minimum atomic E-state index is -0.184. The number of nitrogens with one attached hydrogen (secondary N) is 1.